The minimum atomic E-state index is -3.57. The van der Waals surface area contributed by atoms with Crippen LogP contribution in [0.25, 0.3) is 0 Å². The first-order valence-electron chi connectivity index (χ1n) is 11.7. The van der Waals surface area contributed by atoms with Crippen molar-refractivity contribution in [1.29, 1.82) is 0 Å². The molecule has 0 fully saturated rings. The summed E-state index contributed by atoms with van der Waals surface area (Å²) in [5, 5.41) is 38.9. The molecule has 0 heterocycles. The van der Waals surface area contributed by atoms with Crippen LogP contribution >= 0.6 is 0 Å². The number of benzene rings is 1. The van der Waals surface area contributed by atoms with Gasteiger partial charge in [0.05, 0.1) is 17.5 Å². The number of carbonyl (C=O) groups is 3. The van der Waals surface area contributed by atoms with Crippen LogP contribution in [0.4, 0.5) is 0 Å². The van der Waals surface area contributed by atoms with E-state index in [2.05, 4.69) is 6.92 Å². The average molecular weight is 585 g/mol. The second-order valence-electron chi connectivity index (χ2n) is 8.19. The Morgan fingerprint density at radius 3 is 1.53 bits per heavy atom. The van der Waals surface area contributed by atoms with Crippen LogP contribution in [0.5, 0.6) is 0 Å². The van der Waals surface area contributed by atoms with Crippen LogP contribution in [0.3, 0.4) is 0 Å². The number of hydrogen-bond donors (Lipinski definition) is 1. The van der Waals surface area contributed by atoms with Gasteiger partial charge in [-0.3, -0.25) is 4.18 Å². The van der Waals surface area contributed by atoms with E-state index in [1.807, 2.05) is 0 Å². The monoisotopic (exact) mass is 584 g/mol. The van der Waals surface area contributed by atoms with Gasteiger partial charge in [-0.05, 0) is 18.6 Å². The third-order valence-corrected chi connectivity index (χ3v) is 6.35. The van der Waals surface area contributed by atoms with Crippen molar-refractivity contribution in [3.63, 3.8) is 0 Å². The van der Waals surface area contributed by atoms with E-state index in [0.29, 0.717) is 0 Å². The SMILES string of the molecule is CCCCCCCCCCCCOS(=O)(=O)c1ccccc1.O=C([O-])CC(O)(CC(=O)[O-])C(=O)[O-].[Na+].[Na+].[Na+]. The predicted molar refractivity (Wildman–Crippen MR) is 121 cm³/mol. The number of aliphatic carboxylic acids is 3. The van der Waals surface area contributed by atoms with Gasteiger partial charge in [-0.25, -0.2) is 0 Å². The summed E-state index contributed by atoms with van der Waals surface area (Å²) < 4.78 is 28.8. The largest absolute Gasteiger partial charge is 1.00 e. The maximum atomic E-state index is 11.9. The van der Waals surface area contributed by atoms with Gasteiger partial charge in [-0.1, -0.05) is 82.9 Å². The van der Waals surface area contributed by atoms with E-state index in [0.717, 1.165) is 12.8 Å². The summed E-state index contributed by atoms with van der Waals surface area (Å²) in [5.74, 6) is -5.98. The van der Waals surface area contributed by atoms with Gasteiger partial charge in [0.15, 0.2) is 0 Å². The Labute approximate surface area is 292 Å². The molecule has 0 saturated carbocycles. The Hall–Kier alpha value is 0.500. The van der Waals surface area contributed by atoms with Crippen molar-refractivity contribution < 1.29 is 136 Å². The first-order chi connectivity index (χ1) is 16.4. The number of carbonyl (C=O) groups excluding carboxylic acids is 3. The summed E-state index contributed by atoms with van der Waals surface area (Å²) >= 11 is 0. The Kier molecular flexibility index (Phi) is 31.6. The molecule has 1 aromatic rings. The van der Waals surface area contributed by atoms with Gasteiger partial charge in [-0.2, -0.15) is 8.42 Å². The minimum Gasteiger partial charge on any atom is -0.550 e. The molecule has 0 atom stereocenters. The van der Waals surface area contributed by atoms with Crippen LogP contribution in [-0.2, 0) is 28.7 Å². The van der Waals surface area contributed by atoms with Crippen molar-refractivity contribution >= 4 is 28.0 Å². The van der Waals surface area contributed by atoms with Gasteiger partial charge in [0.2, 0.25) is 0 Å². The second kappa shape index (κ2) is 26.4. The smallest absolute Gasteiger partial charge is 0.550 e. The fourth-order valence-corrected chi connectivity index (χ4v) is 4.06. The number of aliphatic hydroxyl groups is 1. The Morgan fingerprint density at radius 2 is 1.16 bits per heavy atom. The maximum absolute atomic E-state index is 11.9. The van der Waals surface area contributed by atoms with Crippen molar-refractivity contribution in [2.75, 3.05) is 6.61 Å². The molecule has 1 rings (SSSR count). The molecule has 0 bridgehead atoms. The number of unbranched alkanes of at least 4 members (excludes halogenated alkanes) is 9. The van der Waals surface area contributed by atoms with E-state index in [1.165, 1.54) is 51.4 Å². The molecule has 0 aliphatic carbocycles. The van der Waals surface area contributed by atoms with Crippen molar-refractivity contribution in [2.45, 2.75) is 94.5 Å². The molecule has 0 aromatic heterocycles. The molecular weight excluding hydrogens is 549 g/mol. The first-order valence-corrected chi connectivity index (χ1v) is 13.1. The van der Waals surface area contributed by atoms with Crippen molar-refractivity contribution in [3.8, 4) is 0 Å². The van der Waals surface area contributed by atoms with Gasteiger partial charge >= 0.3 is 88.7 Å². The predicted octanol–water partition coefficient (Wildman–Crippen LogP) is -8.93. The van der Waals surface area contributed by atoms with Crippen LogP contribution < -0.4 is 104 Å². The molecule has 0 amide bonds. The number of carboxylic acids is 3. The van der Waals surface area contributed by atoms with E-state index in [4.69, 9.17) is 9.29 Å². The second-order valence-corrected chi connectivity index (χ2v) is 9.80. The first kappa shape index (κ1) is 45.5. The summed E-state index contributed by atoms with van der Waals surface area (Å²) in [5.41, 5.74) is -2.97. The normalized spacial score (nSPS) is 10.5. The fraction of sp³-hybridized carbons (Fsp3) is 0.625. The standard InChI is InChI=1S/C18H30O3S.C6H8O7.3Na/c1-2-3-4-5-6-7-8-9-10-14-17-21-22(19,20)18-15-12-11-13-16-18;7-3(8)1-6(13,5(11)12)2-4(9)10;;;/h11-13,15-16H,2-10,14,17H2,1H3;13H,1-2H2,(H,7,8)(H,9,10)(H,11,12);;;/q;;3*+1/p-3. The van der Waals surface area contributed by atoms with Crippen LogP contribution in [-0.4, -0.2) is 43.6 Å². The molecule has 10 nitrogen and oxygen atoms in total. The molecule has 1 N–H and O–H groups in total. The van der Waals surface area contributed by atoms with E-state index >= 15 is 0 Å². The topological polar surface area (TPSA) is 184 Å². The van der Waals surface area contributed by atoms with Gasteiger partial charge < -0.3 is 34.8 Å². The van der Waals surface area contributed by atoms with Crippen LogP contribution in [0.1, 0.15) is 84.0 Å². The van der Waals surface area contributed by atoms with E-state index in [9.17, 15) is 38.1 Å². The summed E-state index contributed by atoms with van der Waals surface area (Å²) in [6.07, 6.45) is 9.55. The Morgan fingerprint density at radius 1 is 0.763 bits per heavy atom. The van der Waals surface area contributed by atoms with Gasteiger partial charge in [0.1, 0.15) is 5.60 Å². The molecule has 1 aromatic carbocycles. The molecule has 0 saturated heterocycles. The van der Waals surface area contributed by atoms with E-state index < -0.39 is 46.5 Å². The maximum Gasteiger partial charge on any atom is 1.00 e. The van der Waals surface area contributed by atoms with Gasteiger partial charge in [-0.15, -0.1) is 0 Å². The molecule has 38 heavy (non-hydrogen) atoms. The van der Waals surface area contributed by atoms with Crippen molar-refractivity contribution in [2.24, 2.45) is 0 Å². The molecule has 0 unspecified atom stereocenters. The summed E-state index contributed by atoms with van der Waals surface area (Å²) in [6, 6.07) is 8.33. The molecule has 200 valence electrons. The Balaban J connectivity index is -0.000000315. The molecule has 0 spiro atoms. The summed E-state index contributed by atoms with van der Waals surface area (Å²) in [6.45, 7) is 2.52. The van der Waals surface area contributed by atoms with Gasteiger partial charge in [0.25, 0.3) is 10.1 Å². The van der Waals surface area contributed by atoms with Crippen molar-refractivity contribution in [1.82, 2.24) is 0 Å². The molecule has 0 aliphatic heterocycles. The summed E-state index contributed by atoms with van der Waals surface area (Å²) in [4.78, 5) is 30.2. The minimum absolute atomic E-state index is 0. The molecule has 0 radical (unpaired) electrons. The zero-order chi connectivity index (χ0) is 26.7. The third kappa shape index (κ3) is 23.2. The van der Waals surface area contributed by atoms with E-state index in [1.54, 1.807) is 30.3 Å². The van der Waals surface area contributed by atoms with Crippen molar-refractivity contribution in [3.05, 3.63) is 30.3 Å². The Bertz CT molecular complexity index is 851. The zero-order valence-electron chi connectivity index (χ0n) is 23.1. The number of rotatable bonds is 18. The number of hydrogen-bond acceptors (Lipinski definition) is 10. The summed E-state index contributed by atoms with van der Waals surface area (Å²) in [7, 11) is -3.57. The van der Waals surface area contributed by atoms with Crippen LogP contribution in [0.15, 0.2) is 35.2 Å². The van der Waals surface area contributed by atoms with E-state index in [-0.39, 0.29) is 100 Å². The quantitative estimate of drug-likeness (QED) is 0.0988. The van der Waals surface area contributed by atoms with Crippen LogP contribution in [0.2, 0.25) is 0 Å². The van der Waals surface area contributed by atoms with Crippen LogP contribution in [0, 0.1) is 0 Å². The number of carboxylic acid groups (broad SMARTS) is 3. The average Bonchev–Trinajstić information content (AvgIpc) is 2.77. The molecule has 0 aliphatic rings. The fourth-order valence-electron chi connectivity index (χ4n) is 3.10. The third-order valence-electron chi connectivity index (χ3n) is 5.02. The molecular formula is C24H35Na3O10S. The van der Waals surface area contributed by atoms with Gasteiger partial charge in [0, 0.05) is 24.8 Å². The molecule has 14 heteroatoms. The zero-order valence-corrected chi connectivity index (χ0v) is 29.9.